The summed E-state index contributed by atoms with van der Waals surface area (Å²) in [6, 6.07) is 20.0. The van der Waals surface area contributed by atoms with E-state index in [1.165, 1.54) is 17.5 Å². The van der Waals surface area contributed by atoms with Gasteiger partial charge < -0.3 is 10.1 Å². The van der Waals surface area contributed by atoms with Crippen LogP contribution in [0.3, 0.4) is 0 Å². The standard InChI is InChI=1S/C18H21NO/c1-13(15-9-6-10-16(11-15)20-2)19-18-12-17(18)14-7-4-3-5-8-14/h3-11,13,17-19H,12H2,1-2H3. The fraction of sp³-hybridized carbons (Fsp3) is 0.333. The second kappa shape index (κ2) is 5.68. The molecule has 104 valence electrons. The van der Waals surface area contributed by atoms with Crippen LogP contribution >= 0.6 is 0 Å². The first-order valence-electron chi connectivity index (χ1n) is 7.23. The van der Waals surface area contributed by atoms with Gasteiger partial charge >= 0.3 is 0 Å². The van der Waals surface area contributed by atoms with E-state index in [1.54, 1.807) is 7.11 Å². The van der Waals surface area contributed by atoms with Crippen LogP contribution < -0.4 is 10.1 Å². The Morgan fingerprint density at radius 3 is 2.65 bits per heavy atom. The fourth-order valence-corrected chi connectivity index (χ4v) is 2.78. The Bertz CT molecular complexity index is 567. The lowest BCUT2D eigenvalue weighted by molar-refractivity contribution is 0.413. The molecule has 2 heteroatoms. The molecule has 3 rings (SSSR count). The molecule has 1 aliphatic rings. The molecule has 0 amide bonds. The minimum atomic E-state index is 0.351. The van der Waals surface area contributed by atoms with Crippen LogP contribution in [0.4, 0.5) is 0 Å². The van der Waals surface area contributed by atoms with Crippen molar-refractivity contribution >= 4 is 0 Å². The van der Waals surface area contributed by atoms with E-state index in [4.69, 9.17) is 4.74 Å². The number of methoxy groups -OCH3 is 1. The molecule has 0 bridgehead atoms. The first-order valence-corrected chi connectivity index (χ1v) is 7.23. The zero-order chi connectivity index (χ0) is 13.9. The minimum Gasteiger partial charge on any atom is -0.497 e. The van der Waals surface area contributed by atoms with E-state index in [-0.39, 0.29) is 0 Å². The van der Waals surface area contributed by atoms with Crippen molar-refractivity contribution in [2.75, 3.05) is 7.11 Å². The van der Waals surface area contributed by atoms with Crippen LogP contribution in [0.2, 0.25) is 0 Å². The van der Waals surface area contributed by atoms with Gasteiger partial charge in [-0.3, -0.25) is 0 Å². The van der Waals surface area contributed by atoms with Crippen LogP contribution in [-0.4, -0.2) is 13.2 Å². The third kappa shape index (κ3) is 2.86. The quantitative estimate of drug-likeness (QED) is 0.887. The predicted octanol–water partition coefficient (Wildman–Crippen LogP) is 3.90. The Morgan fingerprint density at radius 2 is 1.90 bits per heavy atom. The van der Waals surface area contributed by atoms with E-state index in [0.717, 1.165) is 5.75 Å². The molecule has 3 atom stereocenters. The van der Waals surface area contributed by atoms with Gasteiger partial charge in [0.25, 0.3) is 0 Å². The number of benzene rings is 2. The molecule has 1 aliphatic carbocycles. The molecule has 1 fully saturated rings. The number of ether oxygens (including phenoxy) is 1. The summed E-state index contributed by atoms with van der Waals surface area (Å²) < 4.78 is 5.29. The Kier molecular flexibility index (Phi) is 3.75. The van der Waals surface area contributed by atoms with Crippen molar-refractivity contribution in [3.63, 3.8) is 0 Å². The Labute approximate surface area is 120 Å². The van der Waals surface area contributed by atoms with Gasteiger partial charge in [-0.1, -0.05) is 42.5 Å². The van der Waals surface area contributed by atoms with Crippen molar-refractivity contribution in [1.29, 1.82) is 0 Å². The number of hydrogen-bond acceptors (Lipinski definition) is 2. The molecule has 0 spiro atoms. The lowest BCUT2D eigenvalue weighted by Gasteiger charge is -2.15. The van der Waals surface area contributed by atoms with Crippen LogP contribution in [0.5, 0.6) is 5.75 Å². The van der Waals surface area contributed by atoms with Crippen LogP contribution in [0.1, 0.15) is 36.4 Å². The highest BCUT2D eigenvalue weighted by molar-refractivity contribution is 5.32. The smallest absolute Gasteiger partial charge is 0.119 e. The van der Waals surface area contributed by atoms with Crippen molar-refractivity contribution in [1.82, 2.24) is 5.32 Å². The van der Waals surface area contributed by atoms with Gasteiger partial charge in [-0.25, -0.2) is 0 Å². The molecule has 1 N–H and O–H groups in total. The summed E-state index contributed by atoms with van der Waals surface area (Å²) in [7, 11) is 1.71. The molecule has 20 heavy (non-hydrogen) atoms. The fourth-order valence-electron chi connectivity index (χ4n) is 2.78. The molecule has 1 saturated carbocycles. The van der Waals surface area contributed by atoms with Crippen molar-refractivity contribution < 1.29 is 4.74 Å². The Balaban J connectivity index is 1.62. The molecule has 0 heterocycles. The largest absolute Gasteiger partial charge is 0.497 e. The summed E-state index contributed by atoms with van der Waals surface area (Å²) >= 11 is 0. The van der Waals surface area contributed by atoms with Crippen molar-refractivity contribution in [2.24, 2.45) is 0 Å². The minimum absolute atomic E-state index is 0.351. The summed E-state index contributed by atoms with van der Waals surface area (Å²) in [6.07, 6.45) is 1.23. The molecule has 0 saturated heterocycles. The topological polar surface area (TPSA) is 21.3 Å². The maximum Gasteiger partial charge on any atom is 0.119 e. The van der Waals surface area contributed by atoms with Crippen LogP contribution in [-0.2, 0) is 0 Å². The molecule has 0 aromatic heterocycles. The Morgan fingerprint density at radius 1 is 1.10 bits per heavy atom. The van der Waals surface area contributed by atoms with Gasteiger partial charge in [0.1, 0.15) is 5.75 Å². The zero-order valence-electron chi connectivity index (χ0n) is 12.0. The van der Waals surface area contributed by atoms with Gasteiger partial charge in [0.15, 0.2) is 0 Å². The first kappa shape index (κ1) is 13.2. The van der Waals surface area contributed by atoms with Gasteiger partial charge in [-0.05, 0) is 36.6 Å². The first-order chi connectivity index (χ1) is 9.78. The number of hydrogen-bond donors (Lipinski definition) is 1. The van der Waals surface area contributed by atoms with Gasteiger partial charge in [0, 0.05) is 18.0 Å². The van der Waals surface area contributed by atoms with E-state index >= 15 is 0 Å². The zero-order valence-corrected chi connectivity index (χ0v) is 12.0. The van der Waals surface area contributed by atoms with Crippen LogP contribution in [0, 0.1) is 0 Å². The normalized spacial score (nSPS) is 22.3. The number of rotatable bonds is 5. The van der Waals surface area contributed by atoms with E-state index < -0.39 is 0 Å². The van der Waals surface area contributed by atoms with Gasteiger partial charge in [-0.15, -0.1) is 0 Å². The van der Waals surface area contributed by atoms with E-state index in [2.05, 4.69) is 54.7 Å². The maximum atomic E-state index is 5.29. The van der Waals surface area contributed by atoms with E-state index in [9.17, 15) is 0 Å². The van der Waals surface area contributed by atoms with Crippen molar-refractivity contribution in [3.05, 3.63) is 65.7 Å². The SMILES string of the molecule is COc1cccc(C(C)NC2CC2c2ccccc2)c1. The third-order valence-corrected chi connectivity index (χ3v) is 4.08. The highest BCUT2D eigenvalue weighted by Crippen LogP contribution is 2.41. The second-order valence-corrected chi connectivity index (χ2v) is 5.52. The molecule has 3 unspecified atom stereocenters. The summed E-state index contributed by atoms with van der Waals surface area (Å²) in [5.74, 6) is 1.59. The average molecular weight is 267 g/mol. The molecule has 2 aromatic carbocycles. The summed E-state index contributed by atoms with van der Waals surface area (Å²) in [5, 5.41) is 3.71. The number of nitrogens with one attached hydrogen (secondary N) is 1. The van der Waals surface area contributed by atoms with Crippen molar-refractivity contribution in [2.45, 2.75) is 31.3 Å². The highest BCUT2D eigenvalue weighted by atomic mass is 16.5. The summed E-state index contributed by atoms with van der Waals surface area (Å²) in [4.78, 5) is 0. The molecule has 0 radical (unpaired) electrons. The van der Waals surface area contributed by atoms with E-state index in [0.29, 0.717) is 18.0 Å². The van der Waals surface area contributed by atoms with Crippen LogP contribution in [0.25, 0.3) is 0 Å². The summed E-state index contributed by atoms with van der Waals surface area (Å²) in [6.45, 7) is 2.22. The van der Waals surface area contributed by atoms with Gasteiger partial charge in [0.2, 0.25) is 0 Å². The van der Waals surface area contributed by atoms with Crippen LogP contribution in [0.15, 0.2) is 54.6 Å². The predicted molar refractivity (Wildman–Crippen MR) is 82.1 cm³/mol. The Hall–Kier alpha value is -1.80. The monoisotopic (exact) mass is 267 g/mol. The van der Waals surface area contributed by atoms with Gasteiger partial charge in [-0.2, -0.15) is 0 Å². The second-order valence-electron chi connectivity index (χ2n) is 5.52. The van der Waals surface area contributed by atoms with Gasteiger partial charge in [0.05, 0.1) is 7.11 Å². The molecule has 2 aromatic rings. The molecule has 0 aliphatic heterocycles. The molecular formula is C18H21NO. The lowest BCUT2D eigenvalue weighted by atomic mass is 10.1. The highest BCUT2D eigenvalue weighted by Gasteiger charge is 2.38. The maximum absolute atomic E-state index is 5.29. The van der Waals surface area contributed by atoms with Crippen molar-refractivity contribution in [3.8, 4) is 5.75 Å². The molecule has 2 nitrogen and oxygen atoms in total. The third-order valence-electron chi connectivity index (χ3n) is 4.08. The summed E-state index contributed by atoms with van der Waals surface area (Å²) in [5.41, 5.74) is 2.73. The van der Waals surface area contributed by atoms with E-state index in [1.807, 2.05) is 12.1 Å². The average Bonchev–Trinajstić information content (AvgIpc) is 3.27. The molecular weight excluding hydrogens is 246 g/mol. The lowest BCUT2D eigenvalue weighted by Crippen LogP contribution is -2.22.